The van der Waals surface area contributed by atoms with Crippen LogP contribution in [0.3, 0.4) is 0 Å². The molecule has 2 aromatic heterocycles. The van der Waals surface area contributed by atoms with Crippen molar-refractivity contribution in [2.45, 2.75) is 12.8 Å². The minimum atomic E-state index is 0.195. The molecule has 1 aliphatic rings. The summed E-state index contributed by atoms with van der Waals surface area (Å²) < 4.78 is 0. The van der Waals surface area contributed by atoms with Crippen molar-refractivity contribution in [3.8, 4) is 0 Å². The number of Topliss-reactive ketones (excluding diaryl/α,β-unsaturated/α-hetero) is 1. The molecule has 0 saturated heterocycles. The predicted octanol–water partition coefficient (Wildman–Crippen LogP) is 1.74. The minimum absolute atomic E-state index is 0.195. The van der Waals surface area contributed by atoms with Gasteiger partial charge in [-0.2, -0.15) is 0 Å². The van der Waals surface area contributed by atoms with E-state index in [0.717, 1.165) is 18.2 Å². The standard InChI is InChI=1S/C11H11N3O/c12-8-3-4-13-11-9(8)7(5-14-11)10(15)6-1-2-6/h3-6H,1-2H2,(H3,12,13,14). The number of carbonyl (C=O) groups excluding carboxylic acids is 1. The van der Waals surface area contributed by atoms with Crippen molar-refractivity contribution in [3.05, 3.63) is 24.0 Å². The molecule has 1 aliphatic carbocycles. The van der Waals surface area contributed by atoms with Crippen molar-refractivity contribution < 1.29 is 4.79 Å². The largest absolute Gasteiger partial charge is 0.398 e. The first-order valence-electron chi connectivity index (χ1n) is 5.03. The zero-order valence-electron chi connectivity index (χ0n) is 8.16. The summed E-state index contributed by atoms with van der Waals surface area (Å²) >= 11 is 0. The summed E-state index contributed by atoms with van der Waals surface area (Å²) in [6.07, 6.45) is 5.37. The average Bonchev–Trinajstić information content (AvgIpc) is 2.98. The number of aromatic amines is 1. The second kappa shape index (κ2) is 2.82. The van der Waals surface area contributed by atoms with Crippen LogP contribution >= 0.6 is 0 Å². The van der Waals surface area contributed by atoms with Crippen LogP contribution in [0.5, 0.6) is 0 Å². The summed E-state index contributed by atoms with van der Waals surface area (Å²) in [5.74, 6) is 0.407. The maximum atomic E-state index is 11.9. The van der Waals surface area contributed by atoms with Gasteiger partial charge in [0.2, 0.25) is 0 Å². The molecule has 2 aromatic rings. The van der Waals surface area contributed by atoms with Gasteiger partial charge >= 0.3 is 0 Å². The third-order valence-corrected chi connectivity index (χ3v) is 2.82. The summed E-state index contributed by atoms with van der Waals surface area (Å²) in [5.41, 5.74) is 7.85. The van der Waals surface area contributed by atoms with E-state index in [1.807, 2.05) is 0 Å². The molecule has 0 spiro atoms. The Kier molecular flexibility index (Phi) is 1.59. The number of carbonyl (C=O) groups is 1. The van der Waals surface area contributed by atoms with E-state index < -0.39 is 0 Å². The summed E-state index contributed by atoms with van der Waals surface area (Å²) in [4.78, 5) is 19.0. The number of ketones is 1. The molecule has 3 N–H and O–H groups in total. The number of hydrogen-bond donors (Lipinski definition) is 2. The summed E-state index contributed by atoms with van der Waals surface area (Å²) in [7, 11) is 0. The van der Waals surface area contributed by atoms with Crippen molar-refractivity contribution in [3.63, 3.8) is 0 Å². The summed E-state index contributed by atoms with van der Waals surface area (Å²) in [6.45, 7) is 0. The lowest BCUT2D eigenvalue weighted by Gasteiger charge is -1.98. The fourth-order valence-corrected chi connectivity index (χ4v) is 1.84. The van der Waals surface area contributed by atoms with Gasteiger partial charge in [0.25, 0.3) is 0 Å². The SMILES string of the molecule is Nc1ccnc2[nH]cc(C(=O)C3CC3)c12. The predicted molar refractivity (Wildman–Crippen MR) is 57.6 cm³/mol. The van der Waals surface area contributed by atoms with Crippen LogP contribution in [0.15, 0.2) is 18.5 Å². The van der Waals surface area contributed by atoms with E-state index in [1.54, 1.807) is 18.5 Å². The van der Waals surface area contributed by atoms with E-state index in [-0.39, 0.29) is 11.7 Å². The van der Waals surface area contributed by atoms with E-state index in [9.17, 15) is 4.79 Å². The number of nitrogens with two attached hydrogens (primary N) is 1. The molecule has 0 unspecified atom stereocenters. The number of hydrogen-bond acceptors (Lipinski definition) is 3. The van der Waals surface area contributed by atoms with Gasteiger partial charge in [0.15, 0.2) is 5.78 Å². The van der Waals surface area contributed by atoms with Crippen LogP contribution < -0.4 is 5.73 Å². The van der Waals surface area contributed by atoms with Crippen LogP contribution in [0, 0.1) is 5.92 Å². The van der Waals surface area contributed by atoms with Gasteiger partial charge < -0.3 is 10.7 Å². The van der Waals surface area contributed by atoms with Gasteiger partial charge in [-0.3, -0.25) is 4.79 Å². The minimum Gasteiger partial charge on any atom is -0.398 e. The van der Waals surface area contributed by atoms with Gasteiger partial charge in [-0.1, -0.05) is 0 Å². The molecule has 76 valence electrons. The number of pyridine rings is 1. The molecule has 1 fully saturated rings. The maximum Gasteiger partial charge on any atom is 0.168 e. The van der Waals surface area contributed by atoms with Crippen LogP contribution in [0.4, 0.5) is 5.69 Å². The van der Waals surface area contributed by atoms with Crippen molar-refractivity contribution in [2.24, 2.45) is 5.92 Å². The zero-order chi connectivity index (χ0) is 10.4. The zero-order valence-corrected chi connectivity index (χ0v) is 8.16. The number of nitrogens with zero attached hydrogens (tertiary/aromatic N) is 1. The number of nitrogens with one attached hydrogen (secondary N) is 1. The highest BCUT2D eigenvalue weighted by atomic mass is 16.1. The molecule has 0 bridgehead atoms. The fourth-order valence-electron chi connectivity index (χ4n) is 1.84. The quantitative estimate of drug-likeness (QED) is 0.727. The number of nitrogen functional groups attached to an aromatic ring is 1. The van der Waals surface area contributed by atoms with Crippen LogP contribution in [0.1, 0.15) is 23.2 Å². The van der Waals surface area contributed by atoms with Gasteiger partial charge in [-0.15, -0.1) is 0 Å². The number of rotatable bonds is 2. The van der Waals surface area contributed by atoms with Gasteiger partial charge in [0, 0.05) is 29.6 Å². The first kappa shape index (κ1) is 8.47. The smallest absolute Gasteiger partial charge is 0.168 e. The van der Waals surface area contributed by atoms with Gasteiger partial charge in [-0.05, 0) is 18.9 Å². The van der Waals surface area contributed by atoms with Crippen molar-refractivity contribution in [1.82, 2.24) is 9.97 Å². The molecule has 0 atom stereocenters. The number of aromatic nitrogens is 2. The topological polar surface area (TPSA) is 71.8 Å². The van der Waals surface area contributed by atoms with Crippen molar-refractivity contribution >= 4 is 22.5 Å². The Morgan fingerprint density at radius 3 is 3.07 bits per heavy atom. The third kappa shape index (κ3) is 1.21. The Labute approximate surface area is 86.5 Å². The van der Waals surface area contributed by atoms with E-state index in [2.05, 4.69) is 9.97 Å². The van der Waals surface area contributed by atoms with E-state index in [4.69, 9.17) is 5.73 Å². The third-order valence-electron chi connectivity index (χ3n) is 2.82. The molecule has 0 amide bonds. The van der Waals surface area contributed by atoms with Gasteiger partial charge in [0.1, 0.15) is 5.65 Å². The lowest BCUT2D eigenvalue weighted by atomic mass is 10.1. The molecule has 0 aromatic carbocycles. The highest BCUT2D eigenvalue weighted by Gasteiger charge is 2.32. The Hall–Kier alpha value is -1.84. The maximum absolute atomic E-state index is 11.9. The van der Waals surface area contributed by atoms with E-state index in [1.165, 1.54) is 0 Å². The Bertz CT molecular complexity index is 540. The van der Waals surface area contributed by atoms with Crippen molar-refractivity contribution in [1.29, 1.82) is 0 Å². The highest BCUT2D eigenvalue weighted by molar-refractivity contribution is 6.12. The molecule has 3 rings (SSSR count). The molecule has 15 heavy (non-hydrogen) atoms. The molecule has 0 aliphatic heterocycles. The van der Waals surface area contributed by atoms with Crippen LogP contribution in [0.25, 0.3) is 11.0 Å². The highest BCUT2D eigenvalue weighted by Crippen LogP contribution is 2.35. The lowest BCUT2D eigenvalue weighted by molar-refractivity contribution is 0.0969. The monoisotopic (exact) mass is 201 g/mol. The second-order valence-electron chi connectivity index (χ2n) is 3.96. The Morgan fingerprint density at radius 1 is 1.53 bits per heavy atom. The second-order valence-corrected chi connectivity index (χ2v) is 3.96. The van der Waals surface area contributed by atoms with Crippen LogP contribution in [0.2, 0.25) is 0 Å². The molecular weight excluding hydrogens is 190 g/mol. The number of fused-ring (bicyclic) bond motifs is 1. The molecule has 4 nitrogen and oxygen atoms in total. The summed E-state index contributed by atoms with van der Waals surface area (Å²) in [5, 5.41) is 0.773. The lowest BCUT2D eigenvalue weighted by Crippen LogP contribution is -2.01. The van der Waals surface area contributed by atoms with Crippen LogP contribution in [-0.2, 0) is 0 Å². The first-order valence-corrected chi connectivity index (χ1v) is 5.03. The van der Waals surface area contributed by atoms with Crippen LogP contribution in [-0.4, -0.2) is 15.8 Å². The Morgan fingerprint density at radius 2 is 2.33 bits per heavy atom. The molecular formula is C11H11N3O. The fraction of sp³-hybridized carbons (Fsp3) is 0.273. The molecule has 0 radical (unpaired) electrons. The average molecular weight is 201 g/mol. The van der Waals surface area contributed by atoms with E-state index in [0.29, 0.717) is 16.9 Å². The van der Waals surface area contributed by atoms with Gasteiger partial charge in [0.05, 0.1) is 5.39 Å². The molecule has 1 saturated carbocycles. The molecule has 2 heterocycles. The number of anilines is 1. The van der Waals surface area contributed by atoms with E-state index >= 15 is 0 Å². The number of H-pyrrole nitrogens is 1. The summed E-state index contributed by atoms with van der Waals surface area (Å²) in [6, 6.07) is 1.72. The normalized spacial score (nSPS) is 15.7. The van der Waals surface area contributed by atoms with Gasteiger partial charge in [-0.25, -0.2) is 4.98 Å². The molecule has 4 heteroatoms. The Balaban J connectivity index is 2.22. The first-order chi connectivity index (χ1) is 7.27. The van der Waals surface area contributed by atoms with Crippen molar-refractivity contribution in [2.75, 3.05) is 5.73 Å².